The fourth-order valence-electron chi connectivity index (χ4n) is 2.73. The van der Waals surface area contributed by atoms with Crippen molar-refractivity contribution in [3.05, 3.63) is 72.2 Å². The van der Waals surface area contributed by atoms with Crippen molar-refractivity contribution in [3.8, 4) is 5.75 Å². The first-order chi connectivity index (χ1) is 13.6. The molecular weight excluding hydrogens is 400 g/mol. The first kappa shape index (κ1) is 20.0. The van der Waals surface area contributed by atoms with Gasteiger partial charge >= 0.3 is 5.69 Å². The van der Waals surface area contributed by atoms with Crippen molar-refractivity contribution in [2.45, 2.75) is 13.8 Å². The van der Waals surface area contributed by atoms with Crippen molar-refractivity contribution in [1.29, 1.82) is 0 Å². The maximum atomic E-state index is 12.2. The third-order valence-corrected chi connectivity index (χ3v) is 4.80. The van der Waals surface area contributed by atoms with Gasteiger partial charge in [0.25, 0.3) is 11.6 Å². The second kappa shape index (κ2) is 7.72. The summed E-state index contributed by atoms with van der Waals surface area (Å²) in [4.78, 5) is 37.0. The second-order valence-corrected chi connectivity index (χ2v) is 7.28. The Balaban J connectivity index is 1.99. The number of benzene rings is 2. The molecule has 0 saturated carbocycles. The molecule has 0 radical (unpaired) electrons. The van der Waals surface area contributed by atoms with E-state index >= 15 is 0 Å². The van der Waals surface area contributed by atoms with Gasteiger partial charge in [0.15, 0.2) is 5.17 Å². The molecule has 29 heavy (non-hydrogen) atoms. The van der Waals surface area contributed by atoms with Crippen LogP contribution in [0.15, 0.2) is 40.2 Å². The molecule has 0 spiro atoms. The zero-order valence-electron chi connectivity index (χ0n) is 15.2. The Labute approximate surface area is 168 Å². The van der Waals surface area contributed by atoms with Gasteiger partial charge in [-0.15, -0.1) is 0 Å². The number of amides is 1. The number of rotatable bonds is 4. The zero-order chi connectivity index (χ0) is 21.3. The van der Waals surface area contributed by atoms with Crippen LogP contribution in [0.4, 0.5) is 17.1 Å². The minimum Gasteiger partial charge on any atom is -0.502 e. The van der Waals surface area contributed by atoms with Crippen molar-refractivity contribution < 1.29 is 19.7 Å². The Kier molecular flexibility index (Phi) is 5.33. The number of aryl methyl sites for hydroxylation is 2. The topological polar surface area (TPSA) is 148 Å². The molecular formula is C18H14N4O6S. The maximum Gasteiger partial charge on any atom is 0.318 e. The lowest BCUT2D eigenvalue weighted by atomic mass is 10.1. The molecule has 11 heteroatoms. The van der Waals surface area contributed by atoms with Crippen LogP contribution >= 0.6 is 11.8 Å². The van der Waals surface area contributed by atoms with Gasteiger partial charge < -0.3 is 10.4 Å². The normalized spacial score (nSPS) is 16.3. The monoisotopic (exact) mass is 414 g/mol. The molecule has 0 atom stereocenters. The van der Waals surface area contributed by atoms with E-state index in [9.17, 15) is 30.1 Å². The van der Waals surface area contributed by atoms with E-state index in [4.69, 9.17) is 0 Å². The number of nitrogens with zero attached hydrogens (tertiary/aromatic N) is 3. The predicted octanol–water partition coefficient (Wildman–Crippen LogP) is 3.72. The number of non-ortho nitro benzene ring substituents is 1. The van der Waals surface area contributed by atoms with Crippen LogP contribution in [0, 0.1) is 34.1 Å². The minimum atomic E-state index is -0.931. The summed E-state index contributed by atoms with van der Waals surface area (Å²) < 4.78 is 0. The van der Waals surface area contributed by atoms with Crippen LogP contribution in [0.1, 0.15) is 16.7 Å². The Bertz CT molecular complexity index is 1110. The number of hydrogen-bond donors (Lipinski definition) is 2. The van der Waals surface area contributed by atoms with E-state index in [0.29, 0.717) is 11.8 Å². The van der Waals surface area contributed by atoms with E-state index in [1.807, 2.05) is 32.0 Å². The molecule has 148 valence electrons. The van der Waals surface area contributed by atoms with Crippen LogP contribution < -0.4 is 5.32 Å². The lowest BCUT2D eigenvalue weighted by molar-refractivity contribution is -0.394. The average Bonchev–Trinajstić information content (AvgIpc) is 2.94. The van der Waals surface area contributed by atoms with Gasteiger partial charge in [-0.1, -0.05) is 6.07 Å². The van der Waals surface area contributed by atoms with E-state index in [-0.39, 0.29) is 15.6 Å². The first-order valence-corrected chi connectivity index (χ1v) is 8.99. The smallest absolute Gasteiger partial charge is 0.318 e. The molecule has 0 aromatic heterocycles. The summed E-state index contributed by atoms with van der Waals surface area (Å²) in [5.41, 5.74) is 1.04. The van der Waals surface area contributed by atoms with Crippen molar-refractivity contribution in [1.82, 2.24) is 5.32 Å². The van der Waals surface area contributed by atoms with Gasteiger partial charge in [0, 0.05) is 11.6 Å². The maximum absolute atomic E-state index is 12.2. The second-order valence-electron chi connectivity index (χ2n) is 6.24. The van der Waals surface area contributed by atoms with Gasteiger partial charge in [0.05, 0.1) is 26.5 Å². The molecule has 0 unspecified atom stereocenters. The molecule has 1 amide bonds. The van der Waals surface area contributed by atoms with Gasteiger partial charge in [-0.25, -0.2) is 4.99 Å². The van der Waals surface area contributed by atoms with Crippen molar-refractivity contribution >= 4 is 46.0 Å². The number of nitro benzene ring substituents is 2. The molecule has 1 saturated heterocycles. The van der Waals surface area contributed by atoms with Crippen LogP contribution in [0.25, 0.3) is 6.08 Å². The van der Waals surface area contributed by atoms with Crippen molar-refractivity contribution in [2.24, 2.45) is 4.99 Å². The highest BCUT2D eigenvalue weighted by Gasteiger charge is 2.27. The minimum absolute atomic E-state index is 0.0817. The summed E-state index contributed by atoms with van der Waals surface area (Å²) in [5.74, 6) is -1.30. The quantitative estimate of drug-likeness (QED) is 0.440. The number of nitro groups is 2. The third-order valence-electron chi connectivity index (χ3n) is 3.89. The van der Waals surface area contributed by atoms with Gasteiger partial charge in [-0.05, 0) is 54.9 Å². The van der Waals surface area contributed by atoms with Gasteiger partial charge in [-0.3, -0.25) is 25.0 Å². The first-order valence-electron chi connectivity index (χ1n) is 8.17. The molecule has 1 aliphatic heterocycles. The number of nitrogens with one attached hydrogen (secondary N) is 1. The number of aliphatic imine (C=N–C) groups is 1. The van der Waals surface area contributed by atoms with Crippen LogP contribution in [0.3, 0.4) is 0 Å². The predicted molar refractivity (Wildman–Crippen MR) is 108 cm³/mol. The lowest BCUT2D eigenvalue weighted by Crippen LogP contribution is -2.19. The highest BCUT2D eigenvalue weighted by molar-refractivity contribution is 8.18. The van der Waals surface area contributed by atoms with Crippen molar-refractivity contribution in [2.75, 3.05) is 0 Å². The van der Waals surface area contributed by atoms with E-state index in [2.05, 4.69) is 10.3 Å². The molecule has 1 heterocycles. The average molecular weight is 414 g/mol. The Morgan fingerprint density at radius 3 is 2.31 bits per heavy atom. The zero-order valence-corrected chi connectivity index (χ0v) is 16.0. The molecule has 2 aromatic carbocycles. The summed E-state index contributed by atoms with van der Waals surface area (Å²) in [6.45, 7) is 3.83. The summed E-state index contributed by atoms with van der Waals surface area (Å²) in [5, 5.41) is 35.0. The molecule has 2 N–H and O–H groups in total. The summed E-state index contributed by atoms with van der Waals surface area (Å²) in [6.07, 6.45) is 1.15. The highest BCUT2D eigenvalue weighted by Crippen LogP contribution is 2.37. The number of hydrogen-bond acceptors (Lipinski definition) is 8. The molecule has 0 bridgehead atoms. The Morgan fingerprint density at radius 1 is 1.07 bits per heavy atom. The Morgan fingerprint density at radius 2 is 1.72 bits per heavy atom. The highest BCUT2D eigenvalue weighted by atomic mass is 32.2. The lowest BCUT2D eigenvalue weighted by Gasteiger charge is -2.02. The van der Waals surface area contributed by atoms with Crippen LogP contribution in [0.2, 0.25) is 0 Å². The van der Waals surface area contributed by atoms with Gasteiger partial charge in [0.1, 0.15) is 0 Å². The fraction of sp³-hybridized carbons (Fsp3) is 0.111. The van der Waals surface area contributed by atoms with E-state index in [1.165, 1.54) is 0 Å². The van der Waals surface area contributed by atoms with Crippen LogP contribution in [0.5, 0.6) is 5.75 Å². The van der Waals surface area contributed by atoms with E-state index in [1.54, 1.807) is 0 Å². The number of phenolic OH excluding ortho intramolecular Hbond substituents is 1. The number of phenols is 1. The fourth-order valence-corrected chi connectivity index (χ4v) is 3.57. The summed E-state index contributed by atoms with van der Waals surface area (Å²) in [7, 11) is 0. The SMILES string of the molecule is Cc1cc(C)cc(N=C2NC(=O)C(=Cc3cc([N+](=O)[O-])cc([N+](=O)[O-])c3O)S2)c1. The number of thioether (sulfide) groups is 1. The molecule has 0 aliphatic carbocycles. The van der Waals surface area contributed by atoms with Gasteiger partial charge in [-0.2, -0.15) is 0 Å². The summed E-state index contributed by atoms with van der Waals surface area (Å²) >= 11 is 0.957. The number of carbonyl (C=O) groups excluding carboxylic acids is 1. The largest absolute Gasteiger partial charge is 0.502 e. The molecule has 10 nitrogen and oxygen atoms in total. The van der Waals surface area contributed by atoms with Crippen LogP contribution in [-0.2, 0) is 4.79 Å². The van der Waals surface area contributed by atoms with Gasteiger partial charge in [0.2, 0.25) is 5.75 Å². The molecule has 1 aliphatic rings. The number of carbonyl (C=O) groups is 1. The van der Waals surface area contributed by atoms with Crippen molar-refractivity contribution in [3.63, 3.8) is 0 Å². The standard InChI is InChI=1S/C18H14N4O6S/c1-9-3-10(2)5-12(4-9)19-18-20-17(24)15(29-18)7-11-6-13(21(25)26)8-14(16(11)23)22(27)28/h3-8,23H,1-2H3,(H,19,20,24). The van der Waals surface area contributed by atoms with E-state index in [0.717, 1.165) is 35.0 Å². The molecule has 1 fully saturated rings. The molecule has 3 rings (SSSR count). The van der Waals surface area contributed by atoms with E-state index < -0.39 is 32.9 Å². The summed E-state index contributed by atoms with van der Waals surface area (Å²) in [6, 6.07) is 7.27. The molecule has 2 aromatic rings. The Hall–Kier alpha value is -3.73. The van der Waals surface area contributed by atoms with Crippen LogP contribution in [-0.4, -0.2) is 26.0 Å². The third kappa shape index (κ3) is 4.41. The number of amidine groups is 1. The number of aromatic hydroxyl groups is 1.